The third-order valence-electron chi connectivity index (χ3n) is 3.45. The molecule has 3 rings (SSSR count). The fourth-order valence-corrected chi connectivity index (χ4v) is 3.18. The molecule has 0 saturated heterocycles. The Morgan fingerprint density at radius 3 is 3.00 bits per heavy atom. The van der Waals surface area contributed by atoms with E-state index in [0.29, 0.717) is 17.5 Å². The monoisotopic (exact) mass is 251 g/mol. The van der Waals surface area contributed by atoms with Gasteiger partial charge in [0.2, 0.25) is 0 Å². The maximum Gasteiger partial charge on any atom is 0.191 e. The first-order valence-electron chi connectivity index (χ1n) is 6.42. The van der Waals surface area contributed by atoms with Crippen LogP contribution in [0.15, 0.2) is 5.16 Å². The lowest BCUT2D eigenvalue weighted by molar-refractivity contribution is -0.117. The predicted octanol–water partition coefficient (Wildman–Crippen LogP) is 2.08. The number of hydrogen-bond donors (Lipinski definition) is 0. The molecule has 0 N–H and O–H groups in total. The zero-order valence-electron chi connectivity index (χ0n) is 9.89. The molecule has 0 bridgehead atoms. The lowest BCUT2D eigenvalue weighted by atomic mass is 10.2. The molecule has 2 aliphatic rings. The highest BCUT2D eigenvalue weighted by Crippen LogP contribution is 2.32. The molecule has 0 aromatic carbocycles. The number of ketones is 1. The van der Waals surface area contributed by atoms with Crippen molar-refractivity contribution in [2.24, 2.45) is 5.92 Å². The fraction of sp³-hybridized carbons (Fsp3) is 0.750. The first-order valence-corrected chi connectivity index (χ1v) is 7.41. The first-order chi connectivity index (χ1) is 8.34. The highest BCUT2D eigenvalue weighted by Gasteiger charge is 2.29. The molecule has 5 heteroatoms. The second-order valence-corrected chi connectivity index (χ2v) is 5.83. The van der Waals surface area contributed by atoms with Gasteiger partial charge >= 0.3 is 0 Å². The summed E-state index contributed by atoms with van der Waals surface area (Å²) in [5.74, 6) is 2.42. The highest BCUT2D eigenvalue weighted by molar-refractivity contribution is 7.99. The summed E-state index contributed by atoms with van der Waals surface area (Å²) in [7, 11) is 0. The lowest BCUT2D eigenvalue weighted by Gasteiger charge is -2.05. The second kappa shape index (κ2) is 4.80. The third kappa shape index (κ3) is 2.54. The van der Waals surface area contributed by atoms with Crippen molar-refractivity contribution < 1.29 is 4.79 Å². The van der Waals surface area contributed by atoms with Crippen molar-refractivity contribution >= 4 is 17.5 Å². The van der Waals surface area contributed by atoms with Crippen LogP contribution in [0.25, 0.3) is 0 Å². The predicted molar refractivity (Wildman–Crippen MR) is 66.0 cm³/mol. The van der Waals surface area contributed by atoms with Gasteiger partial charge in [-0.3, -0.25) is 4.79 Å². The van der Waals surface area contributed by atoms with Crippen LogP contribution in [0.1, 0.15) is 37.9 Å². The summed E-state index contributed by atoms with van der Waals surface area (Å²) in [6, 6.07) is 0. The summed E-state index contributed by atoms with van der Waals surface area (Å²) in [6.07, 6.45) is 6.91. The van der Waals surface area contributed by atoms with Crippen molar-refractivity contribution in [2.75, 3.05) is 5.75 Å². The Balaban J connectivity index is 1.66. The van der Waals surface area contributed by atoms with Gasteiger partial charge in [0.25, 0.3) is 0 Å². The van der Waals surface area contributed by atoms with Gasteiger partial charge in [-0.15, -0.1) is 10.2 Å². The Morgan fingerprint density at radius 1 is 1.29 bits per heavy atom. The number of carbonyl (C=O) groups excluding carboxylic acids is 1. The molecule has 1 aromatic rings. The van der Waals surface area contributed by atoms with Gasteiger partial charge in [-0.05, 0) is 25.7 Å². The molecule has 17 heavy (non-hydrogen) atoms. The lowest BCUT2D eigenvalue weighted by Crippen LogP contribution is -2.06. The molecular weight excluding hydrogens is 234 g/mol. The Hall–Kier alpha value is -0.840. The second-order valence-electron chi connectivity index (χ2n) is 4.89. The average molecular weight is 251 g/mol. The van der Waals surface area contributed by atoms with Gasteiger partial charge in [0, 0.05) is 18.9 Å². The molecule has 0 amide bonds. The molecule has 1 fully saturated rings. The Bertz CT molecular complexity index is 425. The molecule has 92 valence electrons. The van der Waals surface area contributed by atoms with Crippen molar-refractivity contribution in [1.29, 1.82) is 0 Å². The quantitative estimate of drug-likeness (QED) is 0.769. The van der Waals surface area contributed by atoms with Crippen molar-refractivity contribution in [3.8, 4) is 0 Å². The average Bonchev–Trinajstić information content (AvgIpc) is 3.13. The van der Waals surface area contributed by atoms with Crippen LogP contribution >= 0.6 is 11.8 Å². The summed E-state index contributed by atoms with van der Waals surface area (Å²) < 4.78 is 2.21. The largest absolute Gasteiger partial charge is 0.306 e. The minimum atomic E-state index is 0.356. The van der Waals surface area contributed by atoms with E-state index in [2.05, 4.69) is 14.8 Å². The van der Waals surface area contributed by atoms with Crippen LogP contribution in [0, 0.1) is 5.92 Å². The maximum absolute atomic E-state index is 11.7. The Morgan fingerprint density at radius 2 is 2.18 bits per heavy atom. The molecule has 0 atom stereocenters. The molecule has 0 spiro atoms. The molecule has 1 aliphatic carbocycles. The van der Waals surface area contributed by atoms with E-state index in [4.69, 9.17) is 0 Å². The number of Topliss-reactive ketones (excluding diaryl/α,β-unsaturated/α-hetero) is 1. The van der Waals surface area contributed by atoms with E-state index < -0.39 is 0 Å². The molecule has 1 aromatic heterocycles. The van der Waals surface area contributed by atoms with Crippen LogP contribution < -0.4 is 0 Å². The summed E-state index contributed by atoms with van der Waals surface area (Å²) in [6.45, 7) is 1.02. The number of nitrogens with zero attached hydrogens (tertiary/aromatic N) is 3. The summed E-state index contributed by atoms with van der Waals surface area (Å²) >= 11 is 1.57. The van der Waals surface area contributed by atoms with Gasteiger partial charge in [0.15, 0.2) is 5.16 Å². The van der Waals surface area contributed by atoms with E-state index >= 15 is 0 Å². The van der Waals surface area contributed by atoms with E-state index in [1.165, 1.54) is 19.3 Å². The van der Waals surface area contributed by atoms with Gasteiger partial charge < -0.3 is 4.57 Å². The summed E-state index contributed by atoms with van der Waals surface area (Å²) in [4.78, 5) is 11.7. The third-order valence-corrected chi connectivity index (χ3v) is 4.44. The maximum atomic E-state index is 11.7. The van der Waals surface area contributed by atoms with Crippen LogP contribution in [0.5, 0.6) is 0 Å². The van der Waals surface area contributed by atoms with Crippen LogP contribution in [-0.2, 0) is 17.8 Å². The van der Waals surface area contributed by atoms with Crippen molar-refractivity contribution in [3.63, 3.8) is 0 Å². The molecule has 2 heterocycles. The van der Waals surface area contributed by atoms with E-state index in [1.54, 1.807) is 11.8 Å². The Kier molecular flexibility index (Phi) is 3.18. The topological polar surface area (TPSA) is 47.8 Å². The SMILES string of the molecule is O=C(CSc1nnc2n1CCCCC2)C1CC1. The number of carbonyl (C=O) groups is 1. The molecule has 0 unspecified atom stereocenters. The van der Waals surface area contributed by atoms with Gasteiger partial charge in [0.1, 0.15) is 11.6 Å². The zero-order valence-corrected chi connectivity index (χ0v) is 10.7. The van der Waals surface area contributed by atoms with E-state index in [-0.39, 0.29) is 0 Å². The van der Waals surface area contributed by atoms with Gasteiger partial charge in [0.05, 0.1) is 5.75 Å². The number of hydrogen-bond acceptors (Lipinski definition) is 4. The highest BCUT2D eigenvalue weighted by atomic mass is 32.2. The molecule has 1 aliphatic heterocycles. The summed E-state index contributed by atoms with van der Waals surface area (Å²) in [5, 5.41) is 9.39. The van der Waals surface area contributed by atoms with Crippen molar-refractivity contribution in [1.82, 2.24) is 14.8 Å². The van der Waals surface area contributed by atoms with Gasteiger partial charge in [-0.2, -0.15) is 0 Å². The normalized spacial score (nSPS) is 19.8. The Labute approximate surface area is 105 Å². The molecule has 0 radical (unpaired) electrons. The first kappa shape index (κ1) is 11.3. The molecule has 1 saturated carbocycles. The number of thioether (sulfide) groups is 1. The number of fused-ring (bicyclic) bond motifs is 1. The van der Waals surface area contributed by atoms with E-state index in [9.17, 15) is 4.79 Å². The smallest absolute Gasteiger partial charge is 0.191 e. The van der Waals surface area contributed by atoms with Crippen LogP contribution in [-0.4, -0.2) is 26.3 Å². The van der Waals surface area contributed by atoms with E-state index in [0.717, 1.165) is 36.8 Å². The molecule has 4 nitrogen and oxygen atoms in total. The standard InChI is InChI=1S/C12H17N3OS/c16-10(9-5-6-9)8-17-12-14-13-11-4-2-1-3-7-15(11)12/h9H,1-8H2. The van der Waals surface area contributed by atoms with Gasteiger partial charge in [-0.25, -0.2) is 0 Å². The fourth-order valence-electron chi connectivity index (χ4n) is 2.22. The van der Waals surface area contributed by atoms with E-state index in [1.807, 2.05) is 0 Å². The van der Waals surface area contributed by atoms with Crippen molar-refractivity contribution in [3.05, 3.63) is 5.82 Å². The minimum absolute atomic E-state index is 0.356. The van der Waals surface area contributed by atoms with Crippen LogP contribution in [0.4, 0.5) is 0 Å². The number of aryl methyl sites for hydroxylation is 1. The number of rotatable bonds is 4. The minimum Gasteiger partial charge on any atom is -0.306 e. The zero-order chi connectivity index (χ0) is 11.7. The van der Waals surface area contributed by atoms with Crippen LogP contribution in [0.2, 0.25) is 0 Å². The summed E-state index contributed by atoms with van der Waals surface area (Å²) in [5.41, 5.74) is 0. The number of aromatic nitrogens is 3. The van der Waals surface area contributed by atoms with Crippen molar-refractivity contribution in [2.45, 2.75) is 50.2 Å². The van der Waals surface area contributed by atoms with Crippen LogP contribution in [0.3, 0.4) is 0 Å². The van der Waals surface area contributed by atoms with Gasteiger partial charge in [-0.1, -0.05) is 18.2 Å². The molecular formula is C12H17N3OS.